The summed E-state index contributed by atoms with van der Waals surface area (Å²) in [5.74, 6) is -0.279. The van der Waals surface area contributed by atoms with Gasteiger partial charge in [-0.3, -0.25) is 18.7 Å². The molecule has 0 bridgehead atoms. The van der Waals surface area contributed by atoms with Crippen molar-refractivity contribution in [1.29, 1.82) is 0 Å². The highest BCUT2D eigenvalue weighted by atomic mass is 32.2. The molecule has 0 radical (unpaired) electrons. The minimum Gasteiger partial charge on any atom is -0.341 e. The summed E-state index contributed by atoms with van der Waals surface area (Å²) in [6.07, 6.45) is 1.81. The van der Waals surface area contributed by atoms with E-state index < -0.39 is 21.3 Å². The third-order valence-corrected chi connectivity index (χ3v) is 8.39. The molecule has 0 saturated carbocycles. The number of hydrogen-bond acceptors (Lipinski definition) is 6. The number of fused-ring (bicyclic) bond motifs is 1. The molecule has 1 aromatic heterocycles. The SMILES string of the molecule is CCN1CCN(S(=O)(=O)c2ccc3c(c2)c(=O)n(CC(=O)N2CCCC2)c(=O)n3C)CC1. The maximum atomic E-state index is 13.2. The molecule has 174 valence electrons. The zero-order valence-corrected chi connectivity index (χ0v) is 19.3. The number of aryl methyl sites for hydroxylation is 1. The Morgan fingerprint density at radius 3 is 2.28 bits per heavy atom. The summed E-state index contributed by atoms with van der Waals surface area (Å²) >= 11 is 0. The van der Waals surface area contributed by atoms with Gasteiger partial charge in [-0.25, -0.2) is 13.2 Å². The van der Waals surface area contributed by atoms with E-state index in [1.807, 2.05) is 6.92 Å². The maximum Gasteiger partial charge on any atom is 0.331 e. The van der Waals surface area contributed by atoms with Gasteiger partial charge in [0.05, 0.1) is 15.8 Å². The van der Waals surface area contributed by atoms with Crippen LogP contribution >= 0.6 is 0 Å². The highest BCUT2D eigenvalue weighted by Crippen LogP contribution is 2.21. The van der Waals surface area contributed by atoms with E-state index >= 15 is 0 Å². The lowest BCUT2D eigenvalue weighted by Gasteiger charge is -2.33. The number of hydrogen-bond donors (Lipinski definition) is 0. The third kappa shape index (κ3) is 4.00. The molecule has 0 unspecified atom stereocenters. The Balaban J connectivity index is 1.72. The van der Waals surface area contributed by atoms with E-state index in [1.54, 1.807) is 4.90 Å². The molecule has 1 aromatic carbocycles. The summed E-state index contributed by atoms with van der Waals surface area (Å²) in [7, 11) is -2.26. The minimum absolute atomic E-state index is 0.0168. The number of carbonyl (C=O) groups is 1. The fourth-order valence-electron chi connectivity index (χ4n) is 4.43. The van der Waals surface area contributed by atoms with Crippen LogP contribution in [-0.4, -0.2) is 83.4 Å². The van der Waals surface area contributed by atoms with Crippen molar-refractivity contribution in [3.63, 3.8) is 0 Å². The molecule has 10 nitrogen and oxygen atoms in total. The van der Waals surface area contributed by atoms with Crippen molar-refractivity contribution in [1.82, 2.24) is 23.2 Å². The van der Waals surface area contributed by atoms with Crippen LogP contribution < -0.4 is 11.2 Å². The highest BCUT2D eigenvalue weighted by Gasteiger charge is 2.29. The van der Waals surface area contributed by atoms with E-state index in [-0.39, 0.29) is 22.7 Å². The Morgan fingerprint density at radius 2 is 1.66 bits per heavy atom. The van der Waals surface area contributed by atoms with E-state index in [4.69, 9.17) is 0 Å². The van der Waals surface area contributed by atoms with Crippen LogP contribution in [0, 0.1) is 0 Å². The normalized spacial score (nSPS) is 18.5. The van der Waals surface area contributed by atoms with Crippen LogP contribution in [0.3, 0.4) is 0 Å². The van der Waals surface area contributed by atoms with Crippen molar-refractivity contribution in [2.75, 3.05) is 45.8 Å². The first-order chi connectivity index (χ1) is 15.2. The van der Waals surface area contributed by atoms with Gasteiger partial charge >= 0.3 is 5.69 Å². The predicted octanol–water partition coefficient (Wildman–Crippen LogP) is -0.351. The van der Waals surface area contributed by atoms with Gasteiger partial charge in [-0.15, -0.1) is 0 Å². The number of amides is 1. The summed E-state index contributed by atoms with van der Waals surface area (Å²) < 4.78 is 30.0. The predicted molar refractivity (Wildman–Crippen MR) is 120 cm³/mol. The summed E-state index contributed by atoms with van der Waals surface area (Å²) in [4.78, 5) is 42.3. The lowest BCUT2D eigenvalue weighted by molar-refractivity contribution is -0.130. The first kappa shape index (κ1) is 22.7. The molecule has 2 saturated heterocycles. The van der Waals surface area contributed by atoms with Gasteiger partial charge in [-0.1, -0.05) is 6.92 Å². The van der Waals surface area contributed by atoms with E-state index in [2.05, 4.69) is 4.90 Å². The summed E-state index contributed by atoms with van der Waals surface area (Å²) in [6.45, 7) is 5.88. The average Bonchev–Trinajstić information content (AvgIpc) is 3.35. The molecular formula is C21H29N5O5S. The molecule has 3 heterocycles. The van der Waals surface area contributed by atoms with Crippen LogP contribution in [0.2, 0.25) is 0 Å². The maximum absolute atomic E-state index is 13.2. The van der Waals surface area contributed by atoms with Gasteiger partial charge in [-0.05, 0) is 37.6 Å². The number of piperazine rings is 1. The summed E-state index contributed by atoms with van der Waals surface area (Å²) in [5, 5.41) is 0.106. The monoisotopic (exact) mass is 463 g/mol. The second kappa shape index (κ2) is 8.80. The lowest BCUT2D eigenvalue weighted by atomic mass is 10.2. The molecule has 1 amide bonds. The van der Waals surface area contributed by atoms with Crippen LogP contribution in [0.15, 0.2) is 32.7 Å². The topological polar surface area (TPSA) is 105 Å². The van der Waals surface area contributed by atoms with Crippen LogP contribution in [0.5, 0.6) is 0 Å². The van der Waals surface area contributed by atoms with Crippen molar-refractivity contribution in [2.24, 2.45) is 7.05 Å². The van der Waals surface area contributed by atoms with Gasteiger partial charge in [0.15, 0.2) is 0 Å². The number of nitrogens with zero attached hydrogens (tertiary/aromatic N) is 5. The number of aromatic nitrogens is 2. The van der Waals surface area contributed by atoms with Crippen LogP contribution in [-0.2, 0) is 28.4 Å². The first-order valence-electron chi connectivity index (χ1n) is 11.0. The smallest absolute Gasteiger partial charge is 0.331 e. The first-order valence-corrected chi connectivity index (χ1v) is 12.4. The van der Waals surface area contributed by atoms with Crippen LogP contribution in [0.1, 0.15) is 19.8 Å². The van der Waals surface area contributed by atoms with Crippen molar-refractivity contribution in [3.05, 3.63) is 39.0 Å². The number of rotatable bonds is 5. The van der Waals surface area contributed by atoms with Crippen molar-refractivity contribution < 1.29 is 13.2 Å². The Bertz CT molecular complexity index is 1250. The fourth-order valence-corrected chi connectivity index (χ4v) is 5.88. The summed E-state index contributed by atoms with van der Waals surface area (Å²) in [5.41, 5.74) is -0.913. The Morgan fingerprint density at radius 1 is 1.00 bits per heavy atom. The van der Waals surface area contributed by atoms with Gasteiger partial charge in [-0.2, -0.15) is 4.31 Å². The molecular weight excluding hydrogens is 434 g/mol. The number of likely N-dealkylation sites (N-methyl/N-ethyl adjacent to an activating group) is 1. The molecule has 0 N–H and O–H groups in total. The molecule has 0 aliphatic carbocycles. The number of sulfonamides is 1. The zero-order valence-electron chi connectivity index (χ0n) is 18.5. The second-order valence-electron chi connectivity index (χ2n) is 8.34. The van der Waals surface area contributed by atoms with Gasteiger partial charge in [0, 0.05) is 46.3 Å². The van der Waals surface area contributed by atoms with Gasteiger partial charge in [0.1, 0.15) is 6.54 Å². The third-order valence-electron chi connectivity index (χ3n) is 6.49. The Kier molecular flexibility index (Phi) is 6.24. The van der Waals surface area contributed by atoms with E-state index in [9.17, 15) is 22.8 Å². The van der Waals surface area contributed by atoms with Crippen LogP contribution in [0.4, 0.5) is 0 Å². The molecule has 32 heavy (non-hydrogen) atoms. The Hall–Kier alpha value is -2.50. The number of benzene rings is 1. The van der Waals surface area contributed by atoms with Crippen molar-refractivity contribution >= 4 is 26.8 Å². The standard InChI is InChI=1S/C21H29N5O5S/c1-3-23-10-12-25(13-11-23)32(30,31)16-6-7-18-17(14-16)20(28)26(21(29)22(18)2)15-19(27)24-8-4-5-9-24/h6-7,14H,3-5,8-13,15H2,1-2H3. The number of likely N-dealkylation sites (tertiary alicyclic amines) is 1. The van der Waals surface area contributed by atoms with Crippen molar-refractivity contribution in [2.45, 2.75) is 31.2 Å². The van der Waals surface area contributed by atoms with E-state index in [1.165, 1.54) is 34.1 Å². The molecule has 2 aromatic rings. The Labute approximate surface area is 186 Å². The number of carbonyl (C=O) groups excluding carboxylic acids is 1. The average molecular weight is 464 g/mol. The molecule has 0 atom stereocenters. The minimum atomic E-state index is -3.78. The molecule has 0 spiro atoms. The van der Waals surface area contributed by atoms with E-state index in [0.717, 1.165) is 24.0 Å². The molecule has 2 aliphatic rings. The quantitative estimate of drug-likeness (QED) is 0.600. The molecule has 11 heteroatoms. The summed E-state index contributed by atoms with van der Waals surface area (Å²) in [6, 6.07) is 4.25. The second-order valence-corrected chi connectivity index (χ2v) is 10.3. The fraction of sp³-hybridized carbons (Fsp3) is 0.571. The molecule has 2 fully saturated rings. The van der Waals surface area contributed by atoms with Gasteiger partial charge in [0.25, 0.3) is 5.56 Å². The van der Waals surface area contributed by atoms with Gasteiger partial charge < -0.3 is 9.80 Å². The zero-order chi connectivity index (χ0) is 23.0. The molecule has 2 aliphatic heterocycles. The largest absolute Gasteiger partial charge is 0.341 e. The van der Waals surface area contributed by atoms with Crippen LogP contribution in [0.25, 0.3) is 10.9 Å². The highest BCUT2D eigenvalue weighted by molar-refractivity contribution is 7.89. The van der Waals surface area contributed by atoms with Crippen molar-refractivity contribution in [3.8, 4) is 0 Å². The molecule has 4 rings (SSSR count). The van der Waals surface area contributed by atoms with Gasteiger partial charge in [0.2, 0.25) is 15.9 Å². The van der Waals surface area contributed by atoms with E-state index in [0.29, 0.717) is 44.8 Å². The lowest BCUT2D eigenvalue weighted by Crippen LogP contribution is -2.48.